The summed E-state index contributed by atoms with van der Waals surface area (Å²) in [5.74, 6) is 0.377. The summed E-state index contributed by atoms with van der Waals surface area (Å²) >= 11 is 18.1. The number of alkyl halides is 1. The van der Waals surface area contributed by atoms with Crippen LogP contribution in [0.3, 0.4) is 0 Å². The maximum Gasteiger partial charge on any atom is 0.318 e. The van der Waals surface area contributed by atoms with Crippen molar-refractivity contribution in [3.05, 3.63) is 57.8 Å². The Kier molecular flexibility index (Phi) is 5.05. The minimum Gasteiger partial charge on any atom is -0.348 e. The molecule has 1 aliphatic heterocycles. The van der Waals surface area contributed by atoms with Gasteiger partial charge < -0.3 is 14.8 Å². The predicted octanol–water partition coefficient (Wildman–Crippen LogP) is 4.15. The zero-order valence-corrected chi connectivity index (χ0v) is 14.6. The van der Waals surface area contributed by atoms with E-state index in [2.05, 4.69) is 9.88 Å². The van der Waals surface area contributed by atoms with Gasteiger partial charge in [-0.2, -0.15) is 0 Å². The first-order valence-electron chi connectivity index (χ1n) is 7.32. The number of fused-ring (bicyclic) bond motifs is 1. The van der Waals surface area contributed by atoms with Crippen LogP contribution < -0.4 is 5.32 Å². The molecular formula is C16H16Cl3N3O. The number of nitrogens with zero attached hydrogens (tertiary/aromatic N) is 2. The number of carbonyl (C=O) groups excluding carboxylic acids is 1. The van der Waals surface area contributed by atoms with E-state index in [1.165, 1.54) is 0 Å². The molecule has 3 rings (SSSR count). The van der Waals surface area contributed by atoms with Crippen molar-refractivity contribution in [2.75, 3.05) is 19.0 Å². The van der Waals surface area contributed by atoms with E-state index in [4.69, 9.17) is 34.8 Å². The van der Waals surface area contributed by atoms with Crippen molar-refractivity contribution in [1.29, 1.82) is 0 Å². The highest BCUT2D eigenvalue weighted by Crippen LogP contribution is 2.37. The molecule has 1 aliphatic rings. The fourth-order valence-electron chi connectivity index (χ4n) is 2.91. The molecule has 0 unspecified atom stereocenters. The van der Waals surface area contributed by atoms with Gasteiger partial charge >= 0.3 is 6.03 Å². The molecule has 0 saturated carbocycles. The smallest absolute Gasteiger partial charge is 0.318 e. The zero-order chi connectivity index (χ0) is 16.4. The Bertz CT molecular complexity index is 716. The number of hydrogen-bond acceptors (Lipinski definition) is 1. The van der Waals surface area contributed by atoms with Gasteiger partial charge in [0.15, 0.2) is 0 Å². The monoisotopic (exact) mass is 371 g/mol. The lowest BCUT2D eigenvalue weighted by Crippen LogP contribution is -2.47. The van der Waals surface area contributed by atoms with Gasteiger partial charge in [0.1, 0.15) is 6.04 Å². The second-order valence-electron chi connectivity index (χ2n) is 5.31. The second-order valence-corrected chi connectivity index (χ2v) is 6.53. The molecule has 0 radical (unpaired) electrons. The maximum atomic E-state index is 12.5. The zero-order valence-electron chi connectivity index (χ0n) is 12.3. The largest absolute Gasteiger partial charge is 0.348 e. The second kappa shape index (κ2) is 7.04. The van der Waals surface area contributed by atoms with Crippen molar-refractivity contribution < 1.29 is 4.79 Å². The number of amides is 2. The highest BCUT2D eigenvalue weighted by atomic mass is 35.5. The van der Waals surface area contributed by atoms with E-state index in [1.807, 2.05) is 24.4 Å². The Morgan fingerprint density at radius 1 is 1.26 bits per heavy atom. The van der Waals surface area contributed by atoms with Gasteiger partial charge in [-0.05, 0) is 29.8 Å². The Morgan fingerprint density at radius 2 is 2.09 bits per heavy atom. The number of urea groups is 1. The molecule has 2 amide bonds. The van der Waals surface area contributed by atoms with Gasteiger partial charge in [-0.3, -0.25) is 0 Å². The summed E-state index contributed by atoms with van der Waals surface area (Å²) in [6.07, 6.45) is 2.01. The van der Waals surface area contributed by atoms with Gasteiger partial charge in [-0.1, -0.05) is 29.3 Å². The fourth-order valence-corrected chi connectivity index (χ4v) is 3.51. The summed E-state index contributed by atoms with van der Waals surface area (Å²) < 4.78 is 2.14. The van der Waals surface area contributed by atoms with Crippen LogP contribution in [0.25, 0.3) is 0 Å². The molecule has 0 aliphatic carbocycles. The number of nitrogens with one attached hydrogen (secondary N) is 1. The maximum absolute atomic E-state index is 12.5. The summed E-state index contributed by atoms with van der Waals surface area (Å²) in [5, 5.41) is 3.95. The normalized spacial score (nSPS) is 17.0. The summed E-state index contributed by atoms with van der Waals surface area (Å²) in [6, 6.07) is 8.96. The van der Waals surface area contributed by atoms with E-state index in [0.717, 1.165) is 17.8 Å². The van der Waals surface area contributed by atoms with E-state index < -0.39 is 0 Å². The lowest BCUT2D eigenvalue weighted by molar-refractivity contribution is 0.169. The molecule has 4 nitrogen and oxygen atoms in total. The molecule has 0 fully saturated rings. The summed E-state index contributed by atoms with van der Waals surface area (Å²) in [4.78, 5) is 14.3. The van der Waals surface area contributed by atoms with E-state index >= 15 is 0 Å². The van der Waals surface area contributed by atoms with Crippen molar-refractivity contribution in [2.45, 2.75) is 12.6 Å². The molecule has 122 valence electrons. The van der Waals surface area contributed by atoms with Crippen LogP contribution in [0.2, 0.25) is 10.0 Å². The molecule has 23 heavy (non-hydrogen) atoms. The summed E-state index contributed by atoms with van der Waals surface area (Å²) in [6.45, 7) is 1.77. The molecule has 1 N–H and O–H groups in total. The van der Waals surface area contributed by atoms with Gasteiger partial charge in [0.05, 0.1) is 0 Å². The van der Waals surface area contributed by atoms with E-state index in [-0.39, 0.29) is 12.1 Å². The van der Waals surface area contributed by atoms with Crippen LogP contribution in [0.4, 0.5) is 4.79 Å². The quantitative estimate of drug-likeness (QED) is 0.808. The highest BCUT2D eigenvalue weighted by molar-refractivity contribution is 6.35. The van der Waals surface area contributed by atoms with Crippen molar-refractivity contribution in [3.8, 4) is 0 Å². The van der Waals surface area contributed by atoms with Crippen LogP contribution >= 0.6 is 34.8 Å². The van der Waals surface area contributed by atoms with Gasteiger partial charge in [-0.15, -0.1) is 11.6 Å². The molecule has 2 heterocycles. The van der Waals surface area contributed by atoms with Gasteiger partial charge in [0, 0.05) is 47.5 Å². The number of rotatable bonds is 3. The average Bonchev–Trinajstić information content (AvgIpc) is 3.00. The Hall–Kier alpha value is -1.36. The molecule has 2 aromatic rings. The number of hydrogen-bond donors (Lipinski definition) is 1. The average molecular weight is 373 g/mol. The molecule has 1 aromatic carbocycles. The molecular weight excluding hydrogens is 357 g/mol. The third-order valence-electron chi connectivity index (χ3n) is 3.93. The topological polar surface area (TPSA) is 37.3 Å². The number of halogens is 3. The van der Waals surface area contributed by atoms with Crippen molar-refractivity contribution in [3.63, 3.8) is 0 Å². The van der Waals surface area contributed by atoms with Crippen molar-refractivity contribution >= 4 is 40.8 Å². The summed E-state index contributed by atoms with van der Waals surface area (Å²) in [7, 11) is 0. The predicted molar refractivity (Wildman–Crippen MR) is 93.6 cm³/mol. The van der Waals surface area contributed by atoms with Crippen LogP contribution in [0, 0.1) is 0 Å². The van der Waals surface area contributed by atoms with Crippen LogP contribution in [0.5, 0.6) is 0 Å². The molecule has 0 spiro atoms. The summed E-state index contributed by atoms with van der Waals surface area (Å²) in [5.41, 5.74) is 1.89. The van der Waals surface area contributed by atoms with Gasteiger partial charge in [0.25, 0.3) is 0 Å². The lowest BCUT2D eigenvalue weighted by Gasteiger charge is -2.37. The highest BCUT2D eigenvalue weighted by Gasteiger charge is 2.33. The van der Waals surface area contributed by atoms with Gasteiger partial charge in [0.2, 0.25) is 0 Å². The first kappa shape index (κ1) is 16.5. The van der Waals surface area contributed by atoms with Crippen LogP contribution in [-0.2, 0) is 6.54 Å². The minimum atomic E-state index is -0.251. The van der Waals surface area contributed by atoms with Crippen molar-refractivity contribution in [2.24, 2.45) is 0 Å². The van der Waals surface area contributed by atoms with E-state index in [1.54, 1.807) is 17.0 Å². The molecule has 0 saturated heterocycles. The SMILES string of the molecule is O=C(NCCCl)N1CCn2cccc2[C@@H]1c1ccc(Cl)cc1Cl. The third-order valence-corrected chi connectivity index (χ3v) is 4.68. The third kappa shape index (κ3) is 3.30. The first-order chi connectivity index (χ1) is 11.1. The molecule has 7 heteroatoms. The Balaban J connectivity index is 2.01. The standard InChI is InChI=1S/C16H16Cl3N3O/c17-5-6-20-16(23)22-9-8-21-7-1-2-14(21)15(22)12-4-3-11(18)10-13(12)19/h1-4,7,10,15H,5-6,8-9H2,(H,20,23)/t15-/m0/s1. The van der Waals surface area contributed by atoms with Crippen molar-refractivity contribution in [1.82, 2.24) is 14.8 Å². The van der Waals surface area contributed by atoms with Crippen LogP contribution in [0.15, 0.2) is 36.5 Å². The minimum absolute atomic E-state index is 0.144. The number of carbonyl (C=O) groups is 1. The fraction of sp³-hybridized carbons (Fsp3) is 0.312. The Morgan fingerprint density at radius 3 is 2.83 bits per heavy atom. The number of benzene rings is 1. The van der Waals surface area contributed by atoms with E-state index in [9.17, 15) is 4.79 Å². The Labute approximate surface area is 149 Å². The number of aromatic nitrogens is 1. The van der Waals surface area contributed by atoms with Gasteiger partial charge in [-0.25, -0.2) is 4.79 Å². The van der Waals surface area contributed by atoms with Crippen LogP contribution in [0.1, 0.15) is 17.3 Å². The molecule has 1 atom stereocenters. The van der Waals surface area contributed by atoms with E-state index in [0.29, 0.717) is 29.0 Å². The first-order valence-corrected chi connectivity index (χ1v) is 8.61. The van der Waals surface area contributed by atoms with Crippen LogP contribution in [-0.4, -0.2) is 34.5 Å². The molecule has 0 bridgehead atoms. The lowest BCUT2D eigenvalue weighted by atomic mass is 10.00. The molecule has 1 aromatic heterocycles.